The number of carbonyl (C=O) groups excluding carboxylic acids is 3. The van der Waals surface area contributed by atoms with Gasteiger partial charge in [0.1, 0.15) is 28.2 Å². The van der Waals surface area contributed by atoms with Gasteiger partial charge in [0.15, 0.2) is 0 Å². The summed E-state index contributed by atoms with van der Waals surface area (Å²) in [5.41, 5.74) is 4.22. The molecule has 2 N–H and O–H groups in total. The van der Waals surface area contributed by atoms with Crippen LogP contribution < -0.4 is 15.5 Å². The van der Waals surface area contributed by atoms with E-state index in [1.165, 1.54) is 19.2 Å². The summed E-state index contributed by atoms with van der Waals surface area (Å²) in [6.07, 6.45) is 1.26. The summed E-state index contributed by atoms with van der Waals surface area (Å²) in [4.78, 5) is 54.0. The van der Waals surface area contributed by atoms with Crippen molar-refractivity contribution in [2.45, 2.75) is 32.4 Å². The standard InChI is InChI=1S/C31H26FN7O5/c1-17-13-18(7-11-22(17)32)16-33-28(40)25-15-26(36-31(35-25)44-39-27-6-4-3-5-24(27)37-38-39)29(41)34-23-12-9-19-14-20(30(42)43-2)8-10-21(19)23/h3-8,10-11,13-15,23H,9,12,16H2,1-2H3,(H,33,40)(H,34,41)/t23-/m0/s1. The summed E-state index contributed by atoms with van der Waals surface area (Å²) < 4.78 is 18.5. The second-order valence-corrected chi connectivity index (χ2v) is 10.2. The first kappa shape index (κ1) is 28.4. The molecule has 5 aromatic rings. The predicted molar refractivity (Wildman–Crippen MR) is 154 cm³/mol. The minimum absolute atomic E-state index is 0.0990. The first-order chi connectivity index (χ1) is 21.3. The van der Waals surface area contributed by atoms with E-state index in [4.69, 9.17) is 9.57 Å². The van der Waals surface area contributed by atoms with Gasteiger partial charge in [0.25, 0.3) is 11.8 Å². The van der Waals surface area contributed by atoms with Crippen LogP contribution in [-0.4, -0.2) is 50.0 Å². The number of nitrogens with zero attached hydrogens (tertiary/aromatic N) is 5. The van der Waals surface area contributed by atoms with Crippen LogP contribution in [0.5, 0.6) is 6.01 Å². The summed E-state index contributed by atoms with van der Waals surface area (Å²) in [5, 5.41) is 13.7. The molecule has 1 aliphatic rings. The summed E-state index contributed by atoms with van der Waals surface area (Å²) in [7, 11) is 1.32. The van der Waals surface area contributed by atoms with Crippen LogP contribution >= 0.6 is 0 Å². The van der Waals surface area contributed by atoms with Crippen molar-refractivity contribution in [1.82, 2.24) is 35.8 Å². The molecule has 0 saturated heterocycles. The zero-order chi connectivity index (χ0) is 30.8. The Kier molecular flexibility index (Phi) is 7.67. The molecule has 13 heteroatoms. The summed E-state index contributed by atoms with van der Waals surface area (Å²) in [6, 6.07) is 17.4. The second kappa shape index (κ2) is 11.9. The van der Waals surface area contributed by atoms with Gasteiger partial charge in [0, 0.05) is 12.6 Å². The predicted octanol–water partition coefficient (Wildman–Crippen LogP) is 3.64. The average molecular weight is 596 g/mol. The number of amides is 2. The molecule has 0 spiro atoms. The normalized spacial score (nSPS) is 13.8. The largest absolute Gasteiger partial charge is 0.465 e. The minimum Gasteiger partial charge on any atom is -0.465 e. The van der Waals surface area contributed by atoms with Crippen LogP contribution in [-0.2, 0) is 17.7 Å². The van der Waals surface area contributed by atoms with Gasteiger partial charge in [-0.15, -0.1) is 5.10 Å². The van der Waals surface area contributed by atoms with Gasteiger partial charge < -0.3 is 20.2 Å². The molecule has 44 heavy (non-hydrogen) atoms. The third-order valence-corrected chi connectivity index (χ3v) is 7.28. The zero-order valence-corrected chi connectivity index (χ0v) is 23.7. The van der Waals surface area contributed by atoms with Crippen LogP contribution in [0.25, 0.3) is 11.0 Å². The van der Waals surface area contributed by atoms with Crippen LogP contribution in [0.15, 0.2) is 66.7 Å². The Morgan fingerprint density at radius 2 is 1.80 bits per heavy atom. The number of fused-ring (bicyclic) bond motifs is 2. The van der Waals surface area contributed by atoms with E-state index in [9.17, 15) is 18.8 Å². The first-order valence-electron chi connectivity index (χ1n) is 13.7. The summed E-state index contributed by atoms with van der Waals surface area (Å²) >= 11 is 0. The van der Waals surface area contributed by atoms with Gasteiger partial charge in [0.2, 0.25) is 0 Å². The van der Waals surface area contributed by atoms with Crippen LogP contribution in [0.1, 0.15) is 66.1 Å². The van der Waals surface area contributed by atoms with Gasteiger partial charge in [-0.2, -0.15) is 9.97 Å². The summed E-state index contributed by atoms with van der Waals surface area (Å²) in [5.74, 6) is -1.94. The molecule has 0 aliphatic heterocycles. The molecule has 0 fully saturated rings. The number of hydrogen-bond donors (Lipinski definition) is 2. The lowest BCUT2D eigenvalue weighted by Gasteiger charge is -2.15. The molecular weight excluding hydrogens is 569 g/mol. The van der Waals surface area contributed by atoms with Crippen LogP contribution in [0, 0.1) is 12.7 Å². The topological polar surface area (TPSA) is 150 Å². The zero-order valence-electron chi connectivity index (χ0n) is 23.7. The Labute approximate surface area is 250 Å². The molecule has 2 aromatic heterocycles. The quantitative estimate of drug-likeness (QED) is 0.256. The fraction of sp³-hybridized carbons (Fsp3) is 0.194. The molecule has 2 heterocycles. The van der Waals surface area contributed by atoms with Gasteiger partial charge in [-0.05, 0) is 77.6 Å². The molecule has 0 saturated carbocycles. The number of benzene rings is 3. The molecule has 222 valence electrons. The highest BCUT2D eigenvalue weighted by Crippen LogP contribution is 2.32. The van der Waals surface area contributed by atoms with Crippen molar-refractivity contribution in [2.24, 2.45) is 0 Å². The Balaban J connectivity index is 1.27. The third kappa shape index (κ3) is 5.79. The Hall–Kier alpha value is -5.72. The number of hydrogen-bond acceptors (Lipinski definition) is 9. The number of aryl methyl sites for hydroxylation is 2. The van der Waals surface area contributed by atoms with E-state index >= 15 is 0 Å². The lowest BCUT2D eigenvalue weighted by molar-refractivity contribution is 0.0600. The SMILES string of the molecule is COC(=O)c1ccc2c(c1)CC[C@@H]2NC(=O)c1cc(C(=O)NCc2ccc(F)c(C)c2)nc(On2nnc3ccccc32)n1. The highest BCUT2D eigenvalue weighted by molar-refractivity contribution is 5.97. The van der Waals surface area contributed by atoms with Gasteiger partial charge >= 0.3 is 12.0 Å². The number of carbonyl (C=O) groups is 3. The molecular formula is C31H26FN7O5. The Bertz CT molecular complexity index is 1930. The highest BCUT2D eigenvalue weighted by Gasteiger charge is 2.27. The van der Waals surface area contributed by atoms with Crippen molar-refractivity contribution >= 4 is 28.8 Å². The van der Waals surface area contributed by atoms with E-state index in [1.807, 2.05) is 0 Å². The molecule has 6 rings (SSSR count). The average Bonchev–Trinajstić information content (AvgIpc) is 3.64. The maximum Gasteiger partial charge on any atom is 0.347 e. The van der Waals surface area contributed by atoms with Gasteiger partial charge in [-0.1, -0.05) is 35.2 Å². The molecule has 2 amide bonds. The molecule has 1 atom stereocenters. The van der Waals surface area contributed by atoms with E-state index in [0.717, 1.165) is 16.0 Å². The van der Waals surface area contributed by atoms with Crippen molar-refractivity contribution in [3.63, 3.8) is 0 Å². The van der Waals surface area contributed by atoms with E-state index < -0.39 is 17.8 Å². The van der Waals surface area contributed by atoms with E-state index in [0.29, 0.717) is 40.6 Å². The maximum atomic E-state index is 13.7. The molecule has 1 aliphatic carbocycles. The number of ether oxygens (including phenoxy) is 1. The number of nitrogens with one attached hydrogen (secondary N) is 2. The van der Waals surface area contributed by atoms with Crippen LogP contribution in [0.3, 0.4) is 0 Å². The molecule has 3 aromatic carbocycles. The smallest absolute Gasteiger partial charge is 0.347 e. The van der Waals surface area contributed by atoms with E-state index in [2.05, 4.69) is 30.9 Å². The highest BCUT2D eigenvalue weighted by atomic mass is 19.1. The number of para-hydroxylation sites is 1. The van der Waals surface area contributed by atoms with Crippen molar-refractivity contribution in [2.75, 3.05) is 7.11 Å². The van der Waals surface area contributed by atoms with Gasteiger partial charge in [0.05, 0.1) is 18.7 Å². The lowest BCUT2D eigenvalue weighted by atomic mass is 10.0. The molecule has 12 nitrogen and oxygen atoms in total. The molecule has 0 bridgehead atoms. The van der Waals surface area contributed by atoms with Crippen LogP contribution in [0.4, 0.5) is 4.39 Å². The first-order valence-corrected chi connectivity index (χ1v) is 13.7. The number of esters is 1. The van der Waals surface area contributed by atoms with Gasteiger partial charge in [-0.25, -0.2) is 9.18 Å². The second-order valence-electron chi connectivity index (χ2n) is 10.2. The monoisotopic (exact) mass is 595 g/mol. The number of rotatable bonds is 8. The maximum absolute atomic E-state index is 13.7. The van der Waals surface area contributed by atoms with Crippen LogP contribution in [0.2, 0.25) is 0 Å². The van der Waals surface area contributed by atoms with Crippen molar-refractivity contribution in [3.05, 3.63) is 112 Å². The Morgan fingerprint density at radius 3 is 2.59 bits per heavy atom. The van der Waals surface area contributed by atoms with Gasteiger partial charge in [-0.3, -0.25) is 9.59 Å². The van der Waals surface area contributed by atoms with Crippen molar-refractivity contribution in [3.8, 4) is 6.01 Å². The Morgan fingerprint density at radius 1 is 1.00 bits per heavy atom. The number of halogens is 1. The molecule has 0 radical (unpaired) electrons. The fourth-order valence-corrected chi connectivity index (χ4v) is 5.02. The number of aromatic nitrogens is 5. The fourth-order valence-electron chi connectivity index (χ4n) is 5.02. The third-order valence-electron chi connectivity index (χ3n) is 7.28. The lowest BCUT2D eigenvalue weighted by Crippen LogP contribution is -2.30. The van der Waals surface area contributed by atoms with Crippen molar-refractivity contribution < 1.29 is 28.3 Å². The number of methoxy groups -OCH3 is 1. The van der Waals surface area contributed by atoms with E-state index in [-0.39, 0.29) is 35.8 Å². The van der Waals surface area contributed by atoms with E-state index in [1.54, 1.807) is 61.5 Å². The molecule has 0 unspecified atom stereocenters. The summed E-state index contributed by atoms with van der Waals surface area (Å²) in [6.45, 7) is 1.73. The minimum atomic E-state index is -0.599. The van der Waals surface area contributed by atoms with Crippen molar-refractivity contribution in [1.29, 1.82) is 0 Å².